The molecule has 3 aromatic rings. The minimum absolute atomic E-state index is 0.259. The van der Waals surface area contributed by atoms with E-state index in [4.69, 9.17) is 0 Å². The Morgan fingerprint density at radius 3 is 2.15 bits per heavy atom. The standard InChI is InChI=1S/C20H19N3O3S/c1-13-4-6-15(7-5-13)20(24)19(14(2)23-27(3,25)26)16-8-9-17-11-21-22-12-18(17)10-16/h4-12,23H,1-3H3. The third-order valence-electron chi connectivity index (χ3n) is 4.09. The first-order chi connectivity index (χ1) is 12.7. The van der Waals surface area contributed by atoms with Crippen molar-refractivity contribution in [2.45, 2.75) is 13.8 Å². The van der Waals surface area contributed by atoms with Crippen LogP contribution in [0.5, 0.6) is 0 Å². The predicted octanol–water partition coefficient (Wildman–Crippen LogP) is 3.10. The third kappa shape index (κ3) is 4.38. The second kappa shape index (κ2) is 7.28. The maximum absolute atomic E-state index is 13.2. The largest absolute Gasteiger partial charge is 0.289 e. The first-order valence-electron chi connectivity index (χ1n) is 8.25. The summed E-state index contributed by atoms with van der Waals surface area (Å²) < 4.78 is 25.9. The van der Waals surface area contributed by atoms with Crippen LogP contribution < -0.4 is 4.72 Å². The first kappa shape index (κ1) is 18.7. The normalized spacial score (nSPS) is 12.6. The summed E-state index contributed by atoms with van der Waals surface area (Å²) in [7, 11) is -3.52. The smallest absolute Gasteiger partial charge is 0.229 e. The van der Waals surface area contributed by atoms with Crippen LogP contribution in [-0.2, 0) is 10.0 Å². The zero-order chi connectivity index (χ0) is 19.6. The van der Waals surface area contributed by atoms with Crippen molar-refractivity contribution >= 4 is 32.2 Å². The average molecular weight is 381 g/mol. The molecular weight excluding hydrogens is 362 g/mol. The number of hydrogen-bond acceptors (Lipinski definition) is 5. The maximum Gasteiger partial charge on any atom is 0.229 e. The molecule has 0 aliphatic rings. The van der Waals surface area contributed by atoms with Crippen LogP contribution in [-0.4, -0.2) is 30.7 Å². The Labute approximate surface area is 158 Å². The number of fused-ring (bicyclic) bond motifs is 1. The van der Waals surface area contributed by atoms with E-state index in [0.29, 0.717) is 16.7 Å². The molecular formula is C20H19N3O3S. The van der Waals surface area contributed by atoms with Gasteiger partial charge in [-0.1, -0.05) is 42.0 Å². The molecule has 0 aliphatic heterocycles. The number of hydrogen-bond donors (Lipinski definition) is 1. The quantitative estimate of drug-likeness (QED) is 0.542. The van der Waals surface area contributed by atoms with Gasteiger partial charge in [0.1, 0.15) is 0 Å². The molecule has 0 saturated carbocycles. The maximum atomic E-state index is 13.2. The van der Waals surface area contributed by atoms with Crippen molar-refractivity contribution in [2.24, 2.45) is 0 Å². The summed E-state index contributed by atoms with van der Waals surface area (Å²) in [5, 5.41) is 9.40. The molecule has 0 radical (unpaired) electrons. The number of allylic oxidation sites excluding steroid dienone is 2. The summed E-state index contributed by atoms with van der Waals surface area (Å²) >= 11 is 0. The van der Waals surface area contributed by atoms with Gasteiger partial charge in [0.05, 0.1) is 18.6 Å². The fourth-order valence-corrected chi connectivity index (χ4v) is 3.51. The van der Waals surface area contributed by atoms with Gasteiger partial charge in [-0.25, -0.2) is 8.42 Å². The van der Waals surface area contributed by atoms with Crippen LogP contribution in [0, 0.1) is 6.92 Å². The summed E-state index contributed by atoms with van der Waals surface area (Å²) in [5.41, 5.74) is 2.69. The Balaban J connectivity index is 2.18. The lowest BCUT2D eigenvalue weighted by Crippen LogP contribution is -2.22. The third-order valence-corrected chi connectivity index (χ3v) is 4.77. The van der Waals surface area contributed by atoms with Gasteiger partial charge in [0.25, 0.3) is 0 Å². The van der Waals surface area contributed by atoms with Gasteiger partial charge in [-0.15, -0.1) is 0 Å². The van der Waals surface area contributed by atoms with E-state index in [-0.39, 0.29) is 11.5 Å². The highest BCUT2D eigenvalue weighted by atomic mass is 32.2. The number of carbonyl (C=O) groups is 1. The van der Waals surface area contributed by atoms with Crippen molar-refractivity contribution in [3.05, 3.63) is 77.2 Å². The van der Waals surface area contributed by atoms with Gasteiger partial charge in [-0.3, -0.25) is 9.52 Å². The van der Waals surface area contributed by atoms with Crippen LogP contribution in [0.15, 0.2) is 60.6 Å². The van der Waals surface area contributed by atoms with Crippen LogP contribution in [0.1, 0.15) is 28.4 Å². The number of Topliss-reactive ketones (excluding diaryl/α,β-unsaturated/α-hetero) is 1. The SMILES string of the molecule is CC(NS(C)(=O)=O)=C(C(=O)c1ccc(C)cc1)c1ccc2cnncc2c1. The highest BCUT2D eigenvalue weighted by molar-refractivity contribution is 7.88. The van der Waals surface area contributed by atoms with E-state index in [1.165, 1.54) is 0 Å². The number of aryl methyl sites for hydroxylation is 1. The van der Waals surface area contributed by atoms with Gasteiger partial charge in [0.15, 0.2) is 5.78 Å². The van der Waals surface area contributed by atoms with Crippen molar-refractivity contribution in [2.75, 3.05) is 6.26 Å². The Morgan fingerprint density at radius 2 is 1.52 bits per heavy atom. The second-order valence-electron chi connectivity index (χ2n) is 6.40. The summed E-state index contributed by atoms with van der Waals surface area (Å²) in [6, 6.07) is 12.6. The zero-order valence-corrected chi connectivity index (χ0v) is 16.0. The molecule has 27 heavy (non-hydrogen) atoms. The zero-order valence-electron chi connectivity index (χ0n) is 15.2. The predicted molar refractivity (Wildman–Crippen MR) is 106 cm³/mol. The van der Waals surface area contributed by atoms with Crippen LogP contribution in [0.2, 0.25) is 0 Å². The monoisotopic (exact) mass is 381 g/mol. The molecule has 0 fully saturated rings. The lowest BCUT2D eigenvalue weighted by molar-refractivity contribution is 0.105. The van der Waals surface area contributed by atoms with Gasteiger partial charge < -0.3 is 0 Å². The van der Waals surface area contributed by atoms with Gasteiger partial charge in [0, 0.05) is 27.6 Å². The number of nitrogens with zero attached hydrogens (tertiary/aromatic N) is 2. The minimum Gasteiger partial charge on any atom is -0.289 e. The molecule has 3 rings (SSSR count). The second-order valence-corrected chi connectivity index (χ2v) is 8.15. The molecule has 138 valence electrons. The number of aromatic nitrogens is 2. The van der Waals surface area contributed by atoms with E-state index < -0.39 is 10.0 Å². The van der Waals surface area contributed by atoms with Crippen molar-refractivity contribution in [3.63, 3.8) is 0 Å². The molecule has 0 amide bonds. The molecule has 0 bridgehead atoms. The van der Waals surface area contributed by atoms with Crippen LogP contribution >= 0.6 is 0 Å². The average Bonchev–Trinajstić information content (AvgIpc) is 2.61. The summed E-state index contributed by atoms with van der Waals surface area (Å²) in [4.78, 5) is 13.2. The van der Waals surface area contributed by atoms with E-state index in [2.05, 4.69) is 14.9 Å². The Morgan fingerprint density at radius 1 is 0.926 bits per heavy atom. The number of benzene rings is 2. The number of rotatable bonds is 5. The highest BCUT2D eigenvalue weighted by Crippen LogP contribution is 2.26. The van der Waals surface area contributed by atoms with E-state index in [9.17, 15) is 13.2 Å². The van der Waals surface area contributed by atoms with Crippen molar-refractivity contribution in [1.82, 2.24) is 14.9 Å². The van der Waals surface area contributed by atoms with E-state index >= 15 is 0 Å². The number of nitrogens with one attached hydrogen (secondary N) is 1. The molecule has 2 aromatic carbocycles. The van der Waals surface area contributed by atoms with Crippen molar-refractivity contribution < 1.29 is 13.2 Å². The van der Waals surface area contributed by atoms with Crippen LogP contribution in [0.25, 0.3) is 16.3 Å². The summed E-state index contributed by atoms with van der Waals surface area (Å²) in [5.74, 6) is -0.259. The molecule has 0 spiro atoms. The lowest BCUT2D eigenvalue weighted by Gasteiger charge is -2.14. The fraction of sp³-hybridized carbons (Fsp3) is 0.150. The van der Waals surface area contributed by atoms with Crippen molar-refractivity contribution in [3.8, 4) is 0 Å². The first-order valence-corrected chi connectivity index (χ1v) is 10.1. The van der Waals surface area contributed by atoms with Gasteiger partial charge in [-0.2, -0.15) is 10.2 Å². The minimum atomic E-state index is -3.52. The summed E-state index contributed by atoms with van der Waals surface area (Å²) in [6.45, 7) is 3.52. The molecule has 0 aliphatic carbocycles. The van der Waals surface area contributed by atoms with Crippen molar-refractivity contribution in [1.29, 1.82) is 0 Å². The van der Waals surface area contributed by atoms with Gasteiger partial charge in [-0.05, 0) is 25.5 Å². The molecule has 7 heteroatoms. The number of ketones is 1. The summed E-state index contributed by atoms with van der Waals surface area (Å²) in [6.07, 6.45) is 4.29. The Bertz CT molecular complexity index is 1150. The lowest BCUT2D eigenvalue weighted by atomic mass is 9.93. The molecule has 0 saturated heterocycles. The van der Waals surface area contributed by atoms with Gasteiger partial charge >= 0.3 is 0 Å². The van der Waals surface area contributed by atoms with E-state index in [0.717, 1.165) is 22.6 Å². The van der Waals surface area contributed by atoms with E-state index in [1.54, 1.807) is 43.6 Å². The molecule has 0 atom stereocenters. The molecule has 1 aromatic heterocycles. The Kier molecular flexibility index (Phi) is 5.05. The highest BCUT2D eigenvalue weighted by Gasteiger charge is 2.19. The molecule has 6 nitrogen and oxygen atoms in total. The topological polar surface area (TPSA) is 89.0 Å². The molecule has 0 unspecified atom stereocenters. The van der Waals surface area contributed by atoms with Gasteiger partial charge in [0.2, 0.25) is 10.0 Å². The molecule has 1 heterocycles. The Hall–Kier alpha value is -3.06. The van der Waals surface area contributed by atoms with E-state index in [1.807, 2.05) is 25.1 Å². The number of sulfonamides is 1. The van der Waals surface area contributed by atoms with Crippen LogP contribution in [0.3, 0.4) is 0 Å². The molecule has 1 N–H and O–H groups in total. The fourth-order valence-electron chi connectivity index (χ4n) is 2.85. The van der Waals surface area contributed by atoms with Crippen LogP contribution in [0.4, 0.5) is 0 Å². The number of carbonyl (C=O) groups excluding carboxylic acids is 1.